The summed E-state index contributed by atoms with van der Waals surface area (Å²) in [5, 5.41) is 5.85. The van der Waals surface area contributed by atoms with Crippen molar-refractivity contribution < 1.29 is 19.1 Å². The van der Waals surface area contributed by atoms with Crippen LogP contribution in [0.4, 0.5) is 10.5 Å². The van der Waals surface area contributed by atoms with E-state index in [1.807, 2.05) is 45.0 Å². The van der Waals surface area contributed by atoms with Gasteiger partial charge >= 0.3 is 12.0 Å². The highest BCUT2D eigenvalue weighted by atomic mass is 16.5. The third kappa shape index (κ3) is 6.29. The van der Waals surface area contributed by atoms with Gasteiger partial charge in [-0.2, -0.15) is 0 Å². The Morgan fingerprint density at radius 1 is 1.06 bits per heavy atom. The van der Waals surface area contributed by atoms with E-state index in [0.29, 0.717) is 35.7 Å². The molecule has 3 rings (SSSR count). The molecule has 1 aliphatic rings. The molecule has 186 valence electrons. The van der Waals surface area contributed by atoms with Gasteiger partial charge in [-0.3, -0.25) is 9.69 Å². The van der Waals surface area contributed by atoms with Crippen molar-refractivity contribution in [2.24, 2.45) is 5.92 Å². The number of aryl methyl sites for hydroxylation is 1. The number of amides is 3. The average Bonchev–Trinajstić information content (AvgIpc) is 2.85. The van der Waals surface area contributed by atoms with Crippen LogP contribution in [-0.2, 0) is 16.0 Å². The van der Waals surface area contributed by atoms with E-state index in [-0.39, 0.29) is 17.9 Å². The molecular formula is C28H35N3O4. The first-order valence-corrected chi connectivity index (χ1v) is 12.2. The molecule has 7 heteroatoms. The maximum absolute atomic E-state index is 13.1. The maximum Gasteiger partial charge on any atom is 0.338 e. The van der Waals surface area contributed by atoms with Crippen LogP contribution in [0.2, 0.25) is 0 Å². The highest BCUT2D eigenvalue weighted by molar-refractivity contribution is 6.04. The van der Waals surface area contributed by atoms with Crippen LogP contribution in [0.25, 0.3) is 0 Å². The number of allylic oxidation sites excluding steroid dienone is 1. The molecule has 2 aromatic rings. The molecule has 35 heavy (non-hydrogen) atoms. The minimum absolute atomic E-state index is 0.198. The Morgan fingerprint density at radius 2 is 1.71 bits per heavy atom. The zero-order chi connectivity index (χ0) is 25.5. The van der Waals surface area contributed by atoms with Crippen molar-refractivity contribution in [1.29, 1.82) is 0 Å². The van der Waals surface area contributed by atoms with Crippen LogP contribution in [0.5, 0.6) is 0 Å². The summed E-state index contributed by atoms with van der Waals surface area (Å²) >= 11 is 0. The molecule has 0 saturated carbocycles. The summed E-state index contributed by atoms with van der Waals surface area (Å²) in [7, 11) is 0. The monoisotopic (exact) mass is 477 g/mol. The second-order valence-corrected chi connectivity index (χ2v) is 9.15. The van der Waals surface area contributed by atoms with E-state index in [1.54, 1.807) is 36.1 Å². The number of hydrogen-bond acceptors (Lipinski definition) is 4. The Hall–Kier alpha value is -3.61. The van der Waals surface area contributed by atoms with Gasteiger partial charge in [0, 0.05) is 23.5 Å². The quantitative estimate of drug-likeness (QED) is 0.470. The normalized spacial score (nSPS) is 15.8. The molecule has 7 nitrogen and oxygen atoms in total. The molecule has 0 aromatic heterocycles. The molecule has 1 atom stereocenters. The van der Waals surface area contributed by atoms with E-state index in [2.05, 4.69) is 17.6 Å². The molecule has 2 aromatic carbocycles. The molecule has 0 spiro atoms. The summed E-state index contributed by atoms with van der Waals surface area (Å²) in [5.74, 6) is -0.435. The molecule has 0 fully saturated rings. The lowest BCUT2D eigenvalue weighted by Gasteiger charge is -2.35. The Morgan fingerprint density at radius 3 is 2.29 bits per heavy atom. The van der Waals surface area contributed by atoms with Crippen LogP contribution >= 0.6 is 0 Å². The topological polar surface area (TPSA) is 87.7 Å². The molecular weight excluding hydrogens is 442 g/mol. The summed E-state index contributed by atoms with van der Waals surface area (Å²) in [6.45, 7) is 10.6. The van der Waals surface area contributed by atoms with E-state index < -0.39 is 12.0 Å². The molecule has 0 saturated heterocycles. The highest BCUT2D eigenvalue weighted by Crippen LogP contribution is 2.32. The van der Waals surface area contributed by atoms with Crippen molar-refractivity contribution in [3.05, 3.63) is 76.5 Å². The predicted octanol–water partition coefficient (Wildman–Crippen LogP) is 5.45. The summed E-state index contributed by atoms with van der Waals surface area (Å²) in [6.07, 6.45) is 1.68. The third-order valence-electron chi connectivity index (χ3n) is 5.94. The number of nitrogens with zero attached hydrogens (tertiary/aromatic N) is 1. The Bertz CT molecular complexity index is 1090. The summed E-state index contributed by atoms with van der Waals surface area (Å²) in [4.78, 5) is 40.0. The molecule has 1 unspecified atom stereocenters. The predicted molar refractivity (Wildman–Crippen MR) is 137 cm³/mol. The Kier molecular flexibility index (Phi) is 8.68. The molecule has 0 bridgehead atoms. The van der Waals surface area contributed by atoms with Crippen molar-refractivity contribution >= 4 is 23.6 Å². The van der Waals surface area contributed by atoms with E-state index in [9.17, 15) is 14.4 Å². The van der Waals surface area contributed by atoms with Crippen LogP contribution in [-0.4, -0.2) is 36.0 Å². The minimum Gasteiger partial charge on any atom is -0.462 e. The number of esters is 1. The number of carbonyl (C=O) groups excluding carboxylic acids is 3. The van der Waals surface area contributed by atoms with Gasteiger partial charge in [-0.05, 0) is 61.1 Å². The van der Waals surface area contributed by atoms with Gasteiger partial charge in [0.1, 0.15) is 0 Å². The van der Waals surface area contributed by atoms with Gasteiger partial charge in [-0.1, -0.05) is 52.0 Å². The van der Waals surface area contributed by atoms with Crippen molar-refractivity contribution in [2.45, 2.75) is 53.5 Å². The second kappa shape index (κ2) is 11.7. The van der Waals surface area contributed by atoms with Crippen LogP contribution in [0, 0.1) is 5.92 Å². The Labute approximate surface area is 207 Å². The van der Waals surface area contributed by atoms with Crippen molar-refractivity contribution in [3.63, 3.8) is 0 Å². The number of anilines is 1. The van der Waals surface area contributed by atoms with Gasteiger partial charge in [0.2, 0.25) is 0 Å². The first-order chi connectivity index (χ1) is 16.7. The van der Waals surface area contributed by atoms with Crippen LogP contribution in [0.3, 0.4) is 0 Å². The van der Waals surface area contributed by atoms with Gasteiger partial charge in [-0.25, -0.2) is 9.59 Å². The van der Waals surface area contributed by atoms with Gasteiger partial charge in [0.05, 0.1) is 18.2 Å². The van der Waals surface area contributed by atoms with Crippen LogP contribution in [0.15, 0.2) is 59.8 Å². The van der Waals surface area contributed by atoms with Crippen LogP contribution < -0.4 is 10.6 Å². The molecule has 1 heterocycles. The van der Waals surface area contributed by atoms with Gasteiger partial charge in [-0.15, -0.1) is 0 Å². The van der Waals surface area contributed by atoms with Crippen LogP contribution in [0.1, 0.15) is 68.6 Å². The lowest BCUT2D eigenvalue weighted by Crippen LogP contribution is -2.48. The lowest BCUT2D eigenvalue weighted by molar-refractivity contribution is -0.140. The first kappa shape index (κ1) is 26.0. The average molecular weight is 478 g/mol. The molecule has 2 N–H and O–H groups in total. The fourth-order valence-corrected chi connectivity index (χ4v) is 3.96. The number of rotatable bonds is 9. The van der Waals surface area contributed by atoms with Gasteiger partial charge in [0.15, 0.2) is 0 Å². The minimum atomic E-state index is -0.637. The standard InChI is InChI=1S/C28H35N3O4/c1-6-16-31-19(5)24(27(33)35-17-18(3)4)25(30-28(31)34)21-12-14-23(15-13-21)29-26(32)22-10-8-20(7-2)9-11-22/h8-15,18,25H,6-7,16-17H2,1-5H3,(H,29,32)(H,30,34). The largest absolute Gasteiger partial charge is 0.462 e. The number of hydrogen-bond donors (Lipinski definition) is 2. The Balaban J connectivity index is 1.83. The summed E-state index contributed by atoms with van der Waals surface area (Å²) < 4.78 is 5.54. The highest BCUT2D eigenvalue weighted by Gasteiger charge is 2.36. The van der Waals surface area contributed by atoms with Crippen molar-refractivity contribution in [2.75, 3.05) is 18.5 Å². The fraction of sp³-hybridized carbons (Fsp3) is 0.393. The molecule has 0 aliphatic carbocycles. The smallest absolute Gasteiger partial charge is 0.338 e. The zero-order valence-electron chi connectivity index (χ0n) is 21.2. The molecule has 0 radical (unpaired) electrons. The molecule has 1 aliphatic heterocycles. The lowest BCUT2D eigenvalue weighted by atomic mass is 9.94. The van der Waals surface area contributed by atoms with Crippen molar-refractivity contribution in [3.8, 4) is 0 Å². The van der Waals surface area contributed by atoms with E-state index >= 15 is 0 Å². The number of urea groups is 1. The summed E-state index contributed by atoms with van der Waals surface area (Å²) in [5.41, 5.74) is 4.13. The third-order valence-corrected chi connectivity index (χ3v) is 5.94. The maximum atomic E-state index is 13.1. The van der Waals surface area contributed by atoms with E-state index in [0.717, 1.165) is 18.4 Å². The fourth-order valence-electron chi connectivity index (χ4n) is 3.96. The van der Waals surface area contributed by atoms with E-state index in [1.165, 1.54) is 5.56 Å². The van der Waals surface area contributed by atoms with Gasteiger partial charge in [0.25, 0.3) is 5.91 Å². The van der Waals surface area contributed by atoms with Crippen molar-refractivity contribution in [1.82, 2.24) is 10.2 Å². The SMILES string of the molecule is CCCN1C(=O)NC(c2ccc(NC(=O)c3ccc(CC)cc3)cc2)C(C(=O)OCC(C)C)=C1C. The van der Waals surface area contributed by atoms with Gasteiger partial charge < -0.3 is 15.4 Å². The summed E-state index contributed by atoms with van der Waals surface area (Å²) in [6, 6.07) is 13.8. The number of nitrogens with one attached hydrogen (secondary N) is 2. The number of benzene rings is 2. The number of ether oxygens (including phenoxy) is 1. The number of carbonyl (C=O) groups is 3. The second-order valence-electron chi connectivity index (χ2n) is 9.15. The zero-order valence-corrected chi connectivity index (χ0v) is 21.2. The van der Waals surface area contributed by atoms with E-state index in [4.69, 9.17) is 4.74 Å². The first-order valence-electron chi connectivity index (χ1n) is 12.2. The molecule has 3 amide bonds.